The monoisotopic (exact) mass is 420 g/mol. The molecule has 2 aliphatic carbocycles. The molecule has 1 aromatic rings. The van der Waals surface area contributed by atoms with Gasteiger partial charge in [0.05, 0.1) is 12.2 Å². The van der Waals surface area contributed by atoms with E-state index in [0.717, 1.165) is 18.4 Å². The summed E-state index contributed by atoms with van der Waals surface area (Å²) in [5, 5.41) is 5.53. The second kappa shape index (κ2) is 7.18. The van der Waals surface area contributed by atoms with Gasteiger partial charge in [-0.15, -0.1) is 0 Å². The summed E-state index contributed by atoms with van der Waals surface area (Å²) in [4.78, 5) is 25.4. The molecule has 6 nitrogen and oxygen atoms in total. The molecule has 1 unspecified atom stereocenters. The summed E-state index contributed by atoms with van der Waals surface area (Å²) in [6.45, 7) is 1.89. The lowest BCUT2D eigenvalue weighted by atomic mass is 9.81. The molecular weight excluding hydrogens is 394 g/mol. The van der Waals surface area contributed by atoms with Gasteiger partial charge in [-0.3, -0.25) is 9.59 Å². The van der Waals surface area contributed by atoms with Crippen molar-refractivity contribution in [2.24, 2.45) is 17.8 Å². The van der Waals surface area contributed by atoms with Crippen LogP contribution in [0.25, 0.3) is 0 Å². The van der Waals surface area contributed by atoms with Crippen LogP contribution in [0.5, 0.6) is 5.75 Å². The van der Waals surface area contributed by atoms with Crippen LogP contribution >= 0.6 is 0 Å². The van der Waals surface area contributed by atoms with Crippen molar-refractivity contribution in [3.05, 3.63) is 28.8 Å². The summed E-state index contributed by atoms with van der Waals surface area (Å²) in [5.74, 6) is -2.49. The van der Waals surface area contributed by atoms with Crippen LogP contribution in [0.15, 0.2) is 12.1 Å². The average Bonchev–Trinajstić information content (AvgIpc) is 3.09. The Bertz CT molecular complexity index is 870. The highest BCUT2D eigenvalue weighted by Crippen LogP contribution is 2.58. The fourth-order valence-corrected chi connectivity index (χ4v) is 5.52. The zero-order chi connectivity index (χ0) is 21.0. The van der Waals surface area contributed by atoms with Crippen molar-refractivity contribution in [1.29, 1.82) is 0 Å². The van der Waals surface area contributed by atoms with Crippen LogP contribution in [0, 0.1) is 17.8 Å². The molecule has 5 rings (SSSR count). The Morgan fingerprint density at radius 1 is 1.10 bits per heavy atom. The summed E-state index contributed by atoms with van der Waals surface area (Å²) in [6, 6.07) is 3.17. The van der Waals surface area contributed by atoms with Crippen LogP contribution in [-0.4, -0.2) is 50.6 Å². The predicted octanol–water partition coefficient (Wildman–Crippen LogP) is 2.72. The van der Waals surface area contributed by atoms with E-state index in [1.165, 1.54) is 7.05 Å². The Morgan fingerprint density at radius 3 is 2.47 bits per heavy atom. The zero-order valence-corrected chi connectivity index (χ0v) is 16.9. The fourth-order valence-electron chi connectivity index (χ4n) is 5.52. The maximum absolute atomic E-state index is 13.4. The highest BCUT2D eigenvalue weighted by atomic mass is 19.3. The molecule has 8 heteroatoms. The van der Waals surface area contributed by atoms with Crippen molar-refractivity contribution in [3.63, 3.8) is 0 Å². The minimum atomic E-state index is -2.61. The number of rotatable bonds is 4. The maximum atomic E-state index is 13.4. The second-order valence-corrected chi connectivity index (χ2v) is 8.98. The Balaban J connectivity index is 1.40. The van der Waals surface area contributed by atoms with Gasteiger partial charge in [0.1, 0.15) is 5.75 Å². The number of ether oxygens (including phenoxy) is 2. The van der Waals surface area contributed by atoms with E-state index in [2.05, 4.69) is 10.6 Å². The van der Waals surface area contributed by atoms with E-state index in [1.807, 2.05) is 6.07 Å². The molecule has 4 atom stereocenters. The molecule has 2 heterocycles. The fraction of sp³-hybridized carbons (Fsp3) is 0.636. The molecule has 0 aromatic heterocycles. The summed E-state index contributed by atoms with van der Waals surface area (Å²) in [5.41, 5.74) is 1.61. The van der Waals surface area contributed by atoms with Crippen LogP contribution in [-0.2, 0) is 4.74 Å². The van der Waals surface area contributed by atoms with Crippen molar-refractivity contribution in [1.82, 2.24) is 10.6 Å². The van der Waals surface area contributed by atoms with Gasteiger partial charge in [0.25, 0.3) is 11.8 Å². The van der Waals surface area contributed by atoms with Gasteiger partial charge < -0.3 is 20.1 Å². The maximum Gasteiger partial charge on any atom is 0.254 e. The topological polar surface area (TPSA) is 76.7 Å². The van der Waals surface area contributed by atoms with Crippen LogP contribution < -0.4 is 15.4 Å². The molecule has 2 saturated carbocycles. The molecule has 30 heavy (non-hydrogen) atoms. The molecule has 3 fully saturated rings. The number of hydrogen-bond acceptors (Lipinski definition) is 4. The zero-order valence-electron chi connectivity index (χ0n) is 16.9. The number of fused-ring (bicyclic) bond motifs is 2. The van der Waals surface area contributed by atoms with Crippen molar-refractivity contribution in [2.75, 3.05) is 26.9 Å². The highest BCUT2D eigenvalue weighted by molar-refractivity contribution is 6.02. The minimum absolute atomic E-state index is 0.110. The smallest absolute Gasteiger partial charge is 0.254 e. The van der Waals surface area contributed by atoms with Crippen molar-refractivity contribution < 1.29 is 27.8 Å². The van der Waals surface area contributed by atoms with Gasteiger partial charge in [0, 0.05) is 56.2 Å². The summed E-state index contributed by atoms with van der Waals surface area (Å²) < 4.78 is 38.2. The lowest BCUT2D eigenvalue weighted by Crippen LogP contribution is -2.31. The van der Waals surface area contributed by atoms with Crippen molar-refractivity contribution >= 4 is 11.8 Å². The van der Waals surface area contributed by atoms with Gasteiger partial charge in [-0.2, -0.15) is 0 Å². The number of amides is 2. The first-order valence-corrected chi connectivity index (χ1v) is 10.7. The normalized spacial score (nSPS) is 31.4. The van der Waals surface area contributed by atoms with Crippen LogP contribution in [0.4, 0.5) is 8.78 Å². The molecule has 2 amide bonds. The lowest BCUT2D eigenvalue weighted by molar-refractivity contribution is -0.00623. The van der Waals surface area contributed by atoms with E-state index in [0.29, 0.717) is 42.6 Å². The molecular formula is C22H26F2N2O4. The van der Waals surface area contributed by atoms with Gasteiger partial charge in [0.15, 0.2) is 0 Å². The van der Waals surface area contributed by atoms with Crippen LogP contribution in [0.2, 0.25) is 0 Å². The summed E-state index contributed by atoms with van der Waals surface area (Å²) in [7, 11) is 1.54. The summed E-state index contributed by atoms with van der Waals surface area (Å²) >= 11 is 0. The van der Waals surface area contributed by atoms with Crippen molar-refractivity contribution in [2.45, 2.75) is 43.6 Å². The molecule has 4 aliphatic rings. The van der Waals surface area contributed by atoms with Crippen LogP contribution in [0.3, 0.4) is 0 Å². The van der Waals surface area contributed by atoms with E-state index >= 15 is 0 Å². The number of carbonyl (C=O) groups excluding carboxylic acids is 2. The van der Waals surface area contributed by atoms with Gasteiger partial charge in [-0.05, 0) is 42.7 Å². The quantitative estimate of drug-likeness (QED) is 0.785. The molecule has 2 aliphatic heterocycles. The lowest BCUT2D eigenvalue weighted by Gasteiger charge is -2.27. The molecule has 0 radical (unpaired) electrons. The molecule has 162 valence electrons. The average molecular weight is 420 g/mol. The predicted molar refractivity (Wildman–Crippen MR) is 104 cm³/mol. The Labute approximate surface area is 173 Å². The van der Waals surface area contributed by atoms with E-state index in [4.69, 9.17) is 9.47 Å². The van der Waals surface area contributed by atoms with E-state index in [9.17, 15) is 18.4 Å². The highest BCUT2D eigenvalue weighted by Gasteiger charge is 2.63. The molecule has 2 N–H and O–H groups in total. The SMILES string of the molecule is CNC(=O)c1cc(C(=O)N[C@H]2[C@@H]3CC(F)(F)C[C@@H]32)cc2c1OCC2C1CCOCC1. The number of benzene rings is 1. The number of alkyl halides is 2. The summed E-state index contributed by atoms with van der Waals surface area (Å²) in [6.07, 6.45) is 1.52. The molecule has 1 aromatic carbocycles. The third kappa shape index (κ3) is 3.35. The molecule has 0 spiro atoms. The van der Waals surface area contributed by atoms with Gasteiger partial charge in [0.2, 0.25) is 5.92 Å². The van der Waals surface area contributed by atoms with E-state index < -0.39 is 5.92 Å². The van der Waals surface area contributed by atoms with Crippen molar-refractivity contribution in [3.8, 4) is 5.75 Å². The number of carbonyl (C=O) groups is 2. The van der Waals surface area contributed by atoms with Crippen LogP contribution in [0.1, 0.15) is 57.9 Å². The number of hydrogen-bond donors (Lipinski definition) is 2. The number of halogens is 2. The third-order valence-electron chi connectivity index (χ3n) is 7.19. The largest absolute Gasteiger partial charge is 0.492 e. The molecule has 1 saturated heterocycles. The Hall–Kier alpha value is -2.22. The first-order valence-electron chi connectivity index (χ1n) is 10.7. The van der Waals surface area contributed by atoms with Gasteiger partial charge in [-0.1, -0.05) is 0 Å². The first-order chi connectivity index (χ1) is 14.4. The third-order valence-corrected chi connectivity index (χ3v) is 7.19. The molecule has 0 bridgehead atoms. The Morgan fingerprint density at radius 2 is 1.80 bits per heavy atom. The van der Waals surface area contributed by atoms with Gasteiger partial charge in [-0.25, -0.2) is 8.78 Å². The van der Waals surface area contributed by atoms with E-state index in [1.54, 1.807) is 6.07 Å². The standard InChI is InChI=1S/C22H26F2N2O4/c1-25-21(28)14-7-12(20(27)26-18-15-8-22(23,24)9-16(15)18)6-13-17(10-30-19(13)14)11-2-4-29-5-3-11/h6-7,11,15-18H,2-5,8-10H2,1H3,(H,25,28)(H,26,27)/t15-,16+,17?,18+. The number of nitrogens with one attached hydrogen (secondary N) is 2. The minimum Gasteiger partial charge on any atom is -0.492 e. The van der Waals surface area contributed by atoms with E-state index in [-0.39, 0.29) is 48.5 Å². The Kier molecular flexibility index (Phi) is 4.72. The van der Waals surface area contributed by atoms with Gasteiger partial charge >= 0.3 is 0 Å². The second-order valence-electron chi connectivity index (χ2n) is 8.98. The first kappa shape index (κ1) is 19.7.